The van der Waals surface area contributed by atoms with Crippen molar-refractivity contribution in [3.05, 3.63) is 44.3 Å². The third kappa shape index (κ3) is 4.44. The number of thiophene rings is 1. The molecule has 0 amide bonds. The molecule has 7 heteroatoms. The highest BCUT2D eigenvalue weighted by Crippen LogP contribution is 2.35. The number of aliphatic hydroxyl groups is 1. The van der Waals surface area contributed by atoms with E-state index in [9.17, 15) is 10.4 Å². The maximum absolute atomic E-state index is 10.5. The Morgan fingerprint density at radius 3 is 2.86 bits per heavy atom. The quantitative estimate of drug-likeness (QED) is 0.736. The molecule has 0 saturated heterocycles. The van der Waals surface area contributed by atoms with E-state index in [1.165, 1.54) is 11.3 Å². The van der Waals surface area contributed by atoms with Crippen LogP contribution >= 0.6 is 22.9 Å². The number of aryl methyl sites for hydroxylation is 1. The molecule has 2 aromatic rings. The van der Waals surface area contributed by atoms with Crippen LogP contribution in [0.5, 0.6) is 5.75 Å². The molecule has 2 heterocycles. The van der Waals surface area contributed by atoms with Gasteiger partial charge >= 0.3 is 0 Å². The van der Waals surface area contributed by atoms with E-state index in [0.29, 0.717) is 23.7 Å². The number of rotatable bonds is 6. The first kappa shape index (κ1) is 20.9. The summed E-state index contributed by atoms with van der Waals surface area (Å²) in [6.45, 7) is 8.38. The number of fused-ring (bicyclic) bond motifs is 1. The Labute approximate surface area is 175 Å². The summed E-state index contributed by atoms with van der Waals surface area (Å²) in [5.74, 6) is 1.06. The fourth-order valence-electron chi connectivity index (χ4n) is 3.54. The summed E-state index contributed by atoms with van der Waals surface area (Å²) in [7, 11) is 0. The van der Waals surface area contributed by atoms with Crippen molar-refractivity contribution in [1.29, 1.82) is 5.26 Å². The molecule has 0 aliphatic carbocycles. The largest absolute Gasteiger partial charge is 0.491 e. The van der Waals surface area contributed by atoms with Gasteiger partial charge in [-0.2, -0.15) is 5.26 Å². The molecule has 1 aromatic heterocycles. The fraction of sp³-hybridized carbons (Fsp3) is 0.476. The van der Waals surface area contributed by atoms with Gasteiger partial charge in [-0.25, -0.2) is 0 Å². The van der Waals surface area contributed by atoms with Gasteiger partial charge in [-0.15, -0.1) is 11.3 Å². The normalized spacial score (nSPS) is 15.3. The van der Waals surface area contributed by atoms with Crippen LogP contribution in [0.3, 0.4) is 0 Å². The second-order valence-corrected chi connectivity index (χ2v) is 9.14. The average Bonchev–Trinajstić information content (AvgIpc) is 2.96. The molecule has 0 saturated carbocycles. The van der Waals surface area contributed by atoms with E-state index in [1.54, 1.807) is 0 Å². The van der Waals surface area contributed by atoms with Crippen molar-refractivity contribution in [2.75, 3.05) is 25.4 Å². The van der Waals surface area contributed by atoms with Crippen molar-refractivity contribution in [3.8, 4) is 11.8 Å². The molecule has 3 N–H and O–H groups in total. The minimum atomic E-state index is -0.606. The zero-order valence-electron chi connectivity index (χ0n) is 16.5. The van der Waals surface area contributed by atoms with Gasteiger partial charge in [0.15, 0.2) is 0 Å². The average molecular weight is 420 g/mol. The van der Waals surface area contributed by atoms with E-state index in [-0.39, 0.29) is 12.5 Å². The summed E-state index contributed by atoms with van der Waals surface area (Å²) in [5.41, 5.74) is 9.66. The number of nitrogens with zero attached hydrogens (tertiary/aromatic N) is 2. The molecule has 1 atom stereocenters. The summed E-state index contributed by atoms with van der Waals surface area (Å²) < 4.78 is 5.95. The van der Waals surface area contributed by atoms with Gasteiger partial charge in [-0.05, 0) is 48.1 Å². The zero-order valence-corrected chi connectivity index (χ0v) is 18.0. The van der Waals surface area contributed by atoms with Crippen molar-refractivity contribution >= 4 is 27.9 Å². The monoisotopic (exact) mass is 419 g/mol. The van der Waals surface area contributed by atoms with Gasteiger partial charge in [0.05, 0.1) is 5.56 Å². The van der Waals surface area contributed by atoms with E-state index >= 15 is 0 Å². The predicted octanol–water partition coefficient (Wildman–Crippen LogP) is 4.09. The van der Waals surface area contributed by atoms with Gasteiger partial charge in [0.2, 0.25) is 0 Å². The first-order chi connectivity index (χ1) is 13.3. The molecule has 1 aliphatic heterocycles. The fourth-order valence-corrected chi connectivity index (χ4v) is 4.82. The van der Waals surface area contributed by atoms with Crippen LogP contribution in [0.15, 0.2) is 12.1 Å². The summed E-state index contributed by atoms with van der Waals surface area (Å²) in [6, 6.07) is 6.10. The van der Waals surface area contributed by atoms with Crippen molar-refractivity contribution in [2.45, 2.75) is 45.8 Å². The number of nitriles is 1. The number of hydrogen-bond donors (Lipinski definition) is 2. The number of nitrogens with two attached hydrogens (primary N) is 1. The van der Waals surface area contributed by atoms with Crippen LogP contribution < -0.4 is 10.5 Å². The standard InChI is InChI=1S/C21H26ClN3O2S/c1-12(2)16-7-18(22)13(3)6-19(16)27-11-14(26)9-25-5-4-15-17(8-23)21(24)28-20(15)10-25/h6-7,12,14,26H,4-5,9-11,24H2,1-3H3. The molecule has 1 unspecified atom stereocenters. The number of nitrogen functional groups attached to an aromatic ring is 1. The van der Waals surface area contributed by atoms with E-state index in [4.69, 9.17) is 22.1 Å². The predicted molar refractivity (Wildman–Crippen MR) is 114 cm³/mol. The number of hydrogen-bond acceptors (Lipinski definition) is 6. The number of halogens is 1. The van der Waals surface area contributed by atoms with Crippen molar-refractivity contribution in [2.24, 2.45) is 0 Å². The van der Waals surface area contributed by atoms with Gasteiger partial charge in [-0.3, -0.25) is 4.90 Å². The molecule has 0 fully saturated rings. The highest BCUT2D eigenvalue weighted by atomic mass is 35.5. The highest BCUT2D eigenvalue weighted by molar-refractivity contribution is 7.16. The molecule has 5 nitrogen and oxygen atoms in total. The smallest absolute Gasteiger partial charge is 0.123 e. The molecule has 150 valence electrons. The van der Waals surface area contributed by atoms with Crippen LogP contribution in [0, 0.1) is 18.3 Å². The third-order valence-electron chi connectivity index (χ3n) is 5.09. The summed E-state index contributed by atoms with van der Waals surface area (Å²) in [6.07, 6.45) is 0.179. The lowest BCUT2D eigenvalue weighted by molar-refractivity contribution is 0.0638. The zero-order chi connectivity index (χ0) is 20.4. The Morgan fingerprint density at radius 2 is 2.18 bits per heavy atom. The van der Waals surface area contributed by atoms with Gasteiger partial charge in [0.25, 0.3) is 0 Å². The maximum atomic E-state index is 10.5. The maximum Gasteiger partial charge on any atom is 0.123 e. The second-order valence-electron chi connectivity index (χ2n) is 7.60. The lowest BCUT2D eigenvalue weighted by Gasteiger charge is -2.29. The molecular weight excluding hydrogens is 394 g/mol. The minimum absolute atomic E-state index is 0.222. The van der Waals surface area contributed by atoms with Gasteiger partial charge in [0, 0.05) is 29.5 Å². The Bertz CT molecular complexity index is 904. The third-order valence-corrected chi connectivity index (χ3v) is 6.54. The van der Waals surface area contributed by atoms with Gasteiger partial charge < -0.3 is 15.6 Å². The van der Waals surface area contributed by atoms with Crippen molar-refractivity contribution in [1.82, 2.24) is 4.90 Å². The molecule has 0 radical (unpaired) electrons. The van der Waals surface area contributed by atoms with E-state index in [2.05, 4.69) is 24.8 Å². The summed E-state index contributed by atoms with van der Waals surface area (Å²) in [5, 5.41) is 21.1. The van der Waals surface area contributed by atoms with Crippen LogP contribution in [-0.2, 0) is 13.0 Å². The second kappa shape index (κ2) is 8.71. The molecule has 28 heavy (non-hydrogen) atoms. The topological polar surface area (TPSA) is 82.5 Å². The number of anilines is 1. The molecule has 3 rings (SSSR count). The van der Waals surface area contributed by atoms with Crippen LogP contribution in [0.4, 0.5) is 5.00 Å². The van der Waals surface area contributed by atoms with E-state index in [1.807, 2.05) is 19.1 Å². The van der Waals surface area contributed by atoms with Gasteiger partial charge in [0.1, 0.15) is 29.5 Å². The van der Waals surface area contributed by atoms with Crippen LogP contribution in [-0.4, -0.2) is 35.8 Å². The Kier molecular flexibility index (Phi) is 6.51. The van der Waals surface area contributed by atoms with Crippen LogP contribution in [0.2, 0.25) is 5.02 Å². The molecule has 1 aromatic carbocycles. The van der Waals surface area contributed by atoms with Gasteiger partial charge in [-0.1, -0.05) is 25.4 Å². The first-order valence-corrected chi connectivity index (χ1v) is 10.6. The SMILES string of the molecule is Cc1cc(OCC(O)CN2CCc3c(sc(N)c3C#N)C2)c(C(C)C)cc1Cl. The summed E-state index contributed by atoms with van der Waals surface area (Å²) in [4.78, 5) is 3.31. The van der Waals surface area contributed by atoms with Crippen molar-refractivity contribution < 1.29 is 9.84 Å². The van der Waals surface area contributed by atoms with Crippen LogP contribution in [0.1, 0.15) is 46.9 Å². The molecule has 0 spiro atoms. The summed E-state index contributed by atoms with van der Waals surface area (Å²) >= 11 is 7.73. The van der Waals surface area contributed by atoms with Crippen molar-refractivity contribution in [3.63, 3.8) is 0 Å². The van der Waals surface area contributed by atoms with Crippen LogP contribution in [0.25, 0.3) is 0 Å². The Hall–Kier alpha value is -1.78. The number of β-amino-alcohol motifs (C(OH)–C–C–N with tert-alkyl or cyclic N) is 1. The Balaban J connectivity index is 1.60. The molecule has 0 bridgehead atoms. The number of ether oxygens (including phenoxy) is 1. The highest BCUT2D eigenvalue weighted by Gasteiger charge is 2.25. The lowest BCUT2D eigenvalue weighted by Crippen LogP contribution is -2.38. The van der Waals surface area contributed by atoms with E-state index in [0.717, 1.165) is 45.3 Å². The number of aliphatic hydroxyl groups excluding tert-OH is 1. The molecular formula is C21H26ClN3O2S. The number of benzene rings is 1. The Morgan fingerprint density at radius 1 is 1.43 bits per heavy atom. The lowest BCUT2D eigenvalue weighted by atomic mass is 10.0. The minimum Gasteiger partial charge on any atom is -0.491 e. The first-order valence-electron chi connectivity index (χ1n) is 9.43. The molecule has 1 aliphatic rings. The van der Waals surface area contributed by atoms with E-state index < -0.39 is 6.10 Å².